The van der Waals surface area contributed by atoms with Gasteiger partial charge in [-0.1, -0.05) is 36.8 Å². The second-order valence-corrected chi connectivity index (χ2v) is 5.52. The molecule has 4 nitrogen and oxygen atoms in total. The van der Waals surface area contributed by atoms with Crippen LogP contribution in [0.3, 0.4) is 0 Å². The Labute approximate surface area is 120 Å². The summed E-state index contributed by atoms with van der Waals surface area (Å²) in [5, 5.41) is 12.0. The van der Waals surface area contributed by atoms with Crippen molar-refractivity contribution in [3.8, 4) is 5.69 Å². The third-order valence-electron chi connectivity index (χ3n) is 4.16. The summed E-state index contributed by atoms with van der Waals surface area (Å²) in [6.45, 7) is 3.23. The van der Waals surface area contributed by atoms with Gasteiger partial charge in [0.1, 0.15) is 0 Å². The number of hydrogen-bond acceptors (Lipinski definition) is 3. The minimum absolute atomic E-state index is 0.558. The lowest BCUT2D eigenvalue weighted by atomic mass is 9.84. The second kappa shape index (κ2) is 6.18. The molecule has 1 aliphatic carbocycles. The first-order valence-corrected chi connectivity index (χ1v) is 7.58. The van der Waals surface area contributed by atoms with Gasteiger partial charge in [0.2, 0.25) is 0 Å². The fourth-order valence-electron chi connectivity index (χ4n) is 3.22. The second-order valence-electron chi connectivity index (χ2n) is 5.52. The van der Waals surface area contributed by atoms with E-state index in [4.69, 9.17) is 0 Å². The van der Waals surface area contributed by atoms with Crippen molar-refractivity contribution in [2.75, 3.05) is 6.54 Å². The van der Waals surface area contributed by atoms with Crippen LogP contribution in [0.1, 0.15) is 44.2 Å². The van der Waals surface area contributed by atoms with E-state index in [1.54, 1.807) is 0 Å². The molecule has 4 heteroatoms. The van der Waals surface area contributed by atoms with Gasteiger partial charge in [-0.3, -0.25) is 0 Å². The van der Waals surface area contributed by atoms with E-state index in [1.807, 2.05) is 29.1 Å². The van der Waals surface area contributed by atoms with Crippen molar-refractivity contribution in [2.45, 2.75) is 44.6 Å². The van der Waals surface area contributed by atoms with E-state index >= 15 is 0 Å². The molecule has 0 bridgehead atoms. The minimum Gasteiger partial charge on any atom is -0.314 e. The Bertz CT molecular complexity index is 532. The van der Waals surface area contributed by atoms with Gasteiger partial charge in [0, 0.05) is 12.0 Å². The molecule has 0 amide bonds. The zero-order chi connectivity index (χ0) is 13.8. The van der Waals surface area contributed by atoms with E-state index in [0.717, 1.165) is 12.2 Å². The molecular formula is C16H22N4. The highest BCUT2D eigenvalue weighted by Crippen LogP contribution is 2.33. The molecule has 106 valence electrons. The maximum absolute atomic E-state index is 4.28. The first-order chi connectivity index (χ1) is 9.88. The highest BCUT2D eigenvalue weighted by atomic mass is 15.4. The van der Waals surface area contributed by atoms with Crippen molar-refractivity contribution >= 4 is 0 Å². The third-order valence-corrected chi connectivity index (χ3v) is 4.16. The number of para-hydroxylation sites is 1. The standard InChI is InChI=1S/C16H22N4/c1-2-17-14-8-6-7-13(11-14)16-12-18-19-20(16)15-9-4-3-5-10-15/h3-5,9-10,12-14,17H,2,6-8,11H2,1H3. The molecule has 0 saturated heterocycles. The highest BCUT2D eigenvalue weighted by Gasteiger charge is 2.25. The van der Waals surface area contributed by atoms with Gasteiger partial charge in [-0.05, 0) is 37.9 Å². The monoisotopic (exact) mass is 270 g/mol. The Morgan fingerprint density at radius 3 is 2.90 bits per heavy atom. The molecule has 0 spiro atoms. The van der Waals surface area contributed by atoms with Crippen LogP contribution < -0.4 is 5.32 Å². The van der Waals surface area contributed by atoms with Gasteiger partial charge in [0.25, 0.3) is 0 Å². The lowest BCUT2D eigenvalue weighted by Gasteiger charge is -2.29. The summed E-state index contributed by atoms with van der Waals surface area (Å²) in [5.74, 6) is 0.558. The van der Waals surface area contributed by atoms with Crippen LogP contribution in [0.25, 0.3) is 5.69 Å². The average Bonchev–Trinajstić information content (AvgIpc) is 2.98. The van der Waals surface area contributed by atoms with Gasteiger partial charge in [-0.2, -0.15) is 0 Å². The predicted molar refractivity (Wildman–Crippen MR) is 80.0 cm³/mol. The van der Waals surface area contributed by atoms with E-state index in [-0.39, 0.29) is 0 Å². The summed E-state index contributed by atoms with van der Waals surface area (Å²) in [4.78, 5) is 0. The maximum atomic E-state index is 4.28. The summed E-state index contributed by atoms with van der Waals surface area (Å²) in [7, 11) is 0. The topological polar surface area (TPSA) is 42.7 Å². The Morgan fingerprint density at radius 1 is 1.25 bits per heavy atom. The van der Waals surface area contributed by atoms with Crippen LogP contribution in [0.4, 0.5) is 0 Å². The molecule has 1 saturated carbocycles. The highest BCUT2D eigenvalue weighted by molar-refractivity contribution is 5.32. The predicted octanol–water partition coefficient (Wildman–Crippen LogP) is 2.90. The summed E-state index contributed by atoms with van der Waals surface area (Å²) in [5.41, 5.74) is 2.35. The van der Waals surface area contributed by atoms with Crippen LogP contribution in [0.2, 0.25) is 0 Å². The van der Waals surface area contributed by atoms with Gasteiger partial charge in [-0.15, -0.1) is 5.10 Å². The van der Waals surface area contributed by atoms with Gasteiger partial charge in [0.05, 0.1) is 17.6 Å². The number of aromatic nitrogens is 3. The maximum Gasteiger partial charge on any atom is 0.0732 e. The van der Waals surface area contributed by atoms with Crippen LogP contribution in [0, 0.1) is 0 Å². The molecule has 1 aromatic carbocycles. The largest absolute Gasteiger partial charge is 0.314 e. The quantitative estimate of drug-likeness (QED) is 0.929. The van der Waals surface area contributed by atoms with Crippen LogP contribution in [-0.2, 0) is 0 Å². The molecule has 1 aliphatic rings. The molecule has 1 aromatic heterocycles. The number of benzene rings is 1. The molecule has 0 radical (unpaired) electrons. The van der Waals surface area contributed by atoms with E-state index in [2.05, 4.69) is 34.7 Å². The van der Waals surface area contributed by atoms with Crippen molar-refractivity contribution in [1.82, 2.24) is 20.3 Å². The SMILES string of the molecule is CCNC1CCCC(c2cnnn2-c2ccccc2)C1. The van der Waals surface area contributed by atoms with Crippen LogP contribution in [0.5, 0.6) is 0 Å². The first-order valence-electron chi connectivity index (χ1n) is 7.58. The number of nitrogens with zero attached hydrogens (tertiary/aromatic N) is 3. The lowest BCUT2D eigenvalue weighted by molar-refractivity contribution is 0.337. The first kappa shape index (κ1) is 13.3. The third kappa shape index (κ3) is 2.75. The normalized spacial score (nSPS) is 22.9. The zero-order valence-corrected chi connectivity index (χ0v) is 12.0. The van der Waals surface area contributed by atoms with E-state index in [9.17, 15) is 0 Å². The van der Waals surface area contributed by atoms with Crippen molar-refractivity contribution in [3.05, 3.63) is 42.2 Å². The van der Waals surface area contributed by atoms with Crippen LogP contribution in [-0.4, -0.2) is 27.6 Å². The zero-order valence-electron chi connectivity index (χ0n) is 12.0. The summed E-state index contributed by atoms with van der Waals surface area (Å²) in [6.07, 6.45) is 6.93. The number of nitrogens with one attached hydrogen (secondary N) is 1. The van der Waals surface area contributed by atoms with Crippen LogP contribution in [0.15, 0.2) is 36.5 Å². The van der Waals surface area contributed by atoms with Crippen LogP contribution >= 0.6 is 0 Å². The lowest BCUT2D eigenvalue weighted by Crippen LogP contribution is -2.33. The van der Waals surface area contributed by atoms with Crippen molar-refractivity contribution < 1.29 is 0 Å². The Morgan fingerprint density at radius 2 is 2.10 bits per heavy atom. The molecular weight excluding hydrogens is 248 g/mol. The Hall–Kier alpha value is -1.68. The van der Waals surface area contributed by atoms with E-state index in [1.165, 1.54) is 31.4 Å². The number of rotatable bonds is 4. The smallest absolute Gasteiger partial charge is 0.0732 e. The molecule has 1 fully saturated rings. The number of hydrogen-bond donors (Lipinski definition) is 1. The van der Waals surface area contributed by atoms with Gasteiger partial charge < -0.3 is 5.32 Å². The molecule has 3 rings (SSSR count). The fraction of sp³-hybridized carbons (Fsp3) is 0.500. The van der Waals surface area contributed by atoms with Crippen molar-refractivity contribution in [1.29, 1.82) is 0 Å². The molecule has 0 aliphatic heterocycles. The molecule has 20 heavy (non-hydrogen) atoms. The Kier molecular flexibility index (Phi) is 4.11. The molecule has 2 atom stereocenters. The average molecular weight is 270 g/mol. The minimum atomic E-state index is 0.558. The molecule has 1 N–H and O–H groups in total. The molecule has 2 unspecified atom stereocenters. The van der Waals surface area contributed by atoms with Gasteiger partial charge in [0.15, 0.2) is 0 Å². The van der Waals surface area contributed by atoms with Crippen molar-refractivity contribution in [3.63, 3.8) is 0 Å². The molecule has 1 heterocycles. The van der Waals surface area contributed by atoms with Gasteiger partial charge in [-0.25, -0.2) is 4.68 Å². The van der Waals surface area contributed by atoms with Gasteiger partial charge >= 0.3 is 0 Å². The van der Waals surface area contributed by atoms with Crippen molar-refractivity contribution in [2.24, 2.45) is 0 Å². The Balaban J connectivity index is 1.82. The van der Waals surface area contributed by atoms with E-state index in [0.29, 0.717) is 12.0 Å². The summed E-state index contributed by atoms with van der Waals surface area (Å²) >= 11 is 0. The molecule has 2 aromatic rings. The van der Waals surface area contributed by atoms with E-state index < -0.39 is 0 Å². The summed E-state index contributed by atoms with van der Waals surface area (Å²) < 4.78 is 2.00. The fourth-order valence-corrected chi connectivity index (χ4v) is 3.22. The summed E-state index contributed by atoms with van der Waals surface area (Å²) in [6, 6.07) is 10.9.